The van der Waals surface area contributed by atoms with Gasteiger partial charge in [-0.3, -0.25) is 14.9 Å². The molecule has 7 heteroatoms. The van der Waals surface area contributed by atoms with Crippen LogP contribution in [0, 0.1) is 0 Å². The lowest BCUT2D eigenvalue weighted by molar-refractivity contribution is -0.0114. The van der Waals surface area contributed by atoms with E-state index in [1.165, 1.54) is 12.3 Å². The highest BCUT2D eigenvalue weighted by atomic mass is 16.6. The molecule has 0 bridgehead atoms. The Bertz CT molecular complexity index is 995. The summed E-state index contributed by atoms with van der Waals surface area (Å²) in [4.78, 5) is 24.8. The summed E-state index contributed by atoms with van der Waals surface area (Å²) < 4.78 is 10.6. The van der Waals surface area contributed by atoms with Gasteiger partial charge in [-0.1, -0.05) is 6.07 Å². The lowest BCUT2D eigenvalue weighted by atomic mass is 10.1. The molecular weight excluding hydrogens is 336 g/mol. The zero-order chi connectivity index (χ0) is 18.1. The number of fused-ring (bicyclic) bond motifs is 2. The van der Waals surface area contributed by atoms with Gasteiger partial charge in [0.1, 0.15) is 11.3 Å². The average molecular weight is 352 g/mol. The summed E-state index contributed by atoms with van der Waals surface area (Å²) in [7, 11) is 0. The van der Waals surface area contributed by atoms with Crippen LogP contribution in [-0.4, -0.2) is 29.8 Å². The molecule has 3 N–H and O–H groups in total. The Hall–Kier alpha value is -3.16. The Balaban J connectivity index is 1.53. The molecule has 1 aliphatic rings. The molecule has 1 unspecified atom stereocenters. The number of benzene rings is 2. The van der Waals surface area contributed by atoms with E-state index in [1.807, 2.05) is 0 Å². The topological polar surface area (TPSA) is 101 Å². The molecule has 0 aliphatic carbocycles. The Morgan fingerprint density at radius 2 is 1.85 bits per heavy atom. The molecular formula is C19H16N2O5. The summed E-state index contributed by atoms with van der Waals surface area (Å²) in [5, 5.41) is 15.9. The summed E-state index contributed by atoms with van der Waals surface area (Å²) in [6.45, 7) is 0.823. The van der Waals surface area contributed by atoms with Crippen LogP contribution >= 0.6 is 0 Å². The number of nitrogens with one attached hydrogen (secondary N) is 2. The van der Waals surface area contributed by atoms with Gasteiger partial charge in [0.15, 0.2) is 0 Å². The number of hydrogen-bond donors (Lipinski definition) is 3. The van der Waals surface area contributed by atoms with E-state index < -0.39 is 18.1 Å². The first-order valence-corrected chi connectivity index (χ1v) is 8.11. The van der Waals surface area contributed by atoms with E-state index in [4.69, 9.17) is 9.15 Å². The Morgan fingerprint density at radius 1 is 1.08 bits per heavy atom. The van der Waals surface area contributed by atoms with Gasteiger partial charge in [-0.25, -0.2) is 0 Å². The van der Waals surface area contributed by atoms with Gasteiger partial charge in [-0.15, -0.1) is 0 Å². The molecule has 2 amide bonds. The van der Waals surface area contributed by atoms with Crippen molar-refractivity contribution >= 4 is 22.8 Å². The van der Waals surface area contributed by atoms with E-state index in [1.54, 1.807) is 36.4 Å². The van der Waals surface area contributed by atoms with Crippen LogP contribution in [-0.2, 0) is 6.54 Å². The van der Waals surface area contributed by atoms with Crippen molar-refractivity contribution in [3.63, 3.8) is 0 Å². The second kappa shape index (κ2) is 6.62. The quantitative estimate of drug-likeness (QED) is 0.608. The van der Waals surface area contributed by atoms with E-state index in [-0.39, 0.29) is 5.56 Å². The number of ether oxygens (including phenoxy) is 1. The molecule has 0 radical (unpaired) electrons. The van der Waals surface area contributed by atoms with Crippen LogP contribution in [0.1, 0.15) is 26.3 Å². The van der Waals surface area contributed by atoms with E-state index in [2.05, 4.69) is 10.6 Å². The highest BCUT2D eigenvalue weighted by Gasteiger charge is 2.18. The van der Waals surface area contributed by atoms with Crippen molar-refractivity contribution in [3.8, 4) is 5.75 Å². The number of amides is 2. The standard InChI is InChI=1S/C19H16N2O5/c22-17-10-20-9-14-2-1-13(8-16(14)26-17)19(24)21-18(23)12-3-4-15-11(7-12)5-6-25-15/h1-8,17,20,22H,9-10H2,(H,21,23,24). The van der Waals surface area contributed by atoms with Crippen molar-refractivity contribution in [1.82, 2.24) is 10.6 Å². The molecule has 0 fully saturated rings. The van der Waals surface area contributed by atoms with Gasteiger partial charge in [-0.05, 0) is 36.4 Å². The summed E-state index contributed by atoms with van der Waals surface area (Å²) in [6.07, 6.45) is 0.550. The molecule has 0 saturated carbocycles. The Morgan fingerprint density at radius 3 is 2.69 bits per heavy atom. The van der Waals surface area contributed by atoms with E-state index >= 15 is 0 Å². The van der Waals surface area contributed by atoms with Crippen molar-refractivity contribution in [3.05, 3.63) is 65.4 Å². The fraction of sp³-hybridized carbons (Fsp3) is 0.158. The third-order valence-electron chi connectivity index (χ3n) is 4.17. The molecule has 2 aromatic carbocycles. The molecule has 4 rings (SSSR count). The van der Waals surface area contributed by atoms with E-state index in [9.17, 15) is 14.7 Å². The minimum absolute atomic E-state index is 0.274. The zero-order valence-corrected chi connectivity index (χ0v) is 13.7. The molecule has 0 spiro atoms. The minimum atomic E-state index is -0.988. The van der Waals surface area contributed by atoms with Gasteiger partial charge in [0.05, 0.1) is 12.8 Å². The molecule has 3 aromatic rings. The minimum Gasteiger partial charge on any atom is -0.464 e. The Labute approximate surface area is 148 Å². The van der Waals surface area contributed by atoms with Crippen LogP contribution in [0.15, 0.2) is 53.1 Å². The summed E-state index contributed by atoms with van der Waals surface area (Å²) >= 11 is 0. The van der Waals surface area contributed by atoms with Gasteiger partial charge in [0.2, 0.25) is 6.29 Å². The third-order valence-corrected chi connectivity index (χ3v) is 4.17. The number of carbonyl (C=O) groups excluding carboxylic acids is 2. The predicted molar refractivity (Wildman–Crippen MR) is 92.8 cm³/mol. The number of aliphatic hydroxyl groups excluding tert-OH is 1. The predicted octanol–water partition coefficient (Wildman–Crippen LogP) is 1.80. The molecule has 7 nitrogen and oxygen atoms in total. The fourth-order valence-corrected chi connectivity index (χ4v) is 2.83. The van der Waals surface area contributed by atoms with Crippen molar-refractivity contribution in [2.45, 2.75) is 12.8 Å². The van der Waals surface area contributed by atoms with Crippen LogP contribution in [0.5, 0.6) is 5.75 Å². The van der Waals surface area contributed by atoms with Crippen molar-refractivity contribution < 1.29 is 23.8 Å². The maximum absolute atomic E-state index is 12.4. The smallest absolute Gasteiger partial charge is 0.258 e. The zero-order valence-electron chi connectivity index (χ0n) is 13.7. The largest absolute Gasteiger partial charge is 0.464 e. The maximum atomic E-state index is 12.4. The van der Waals surface area contributed by atoms with Crippen molar-refractivity contribution in [1.29, 1.82) is 0 Å². The van der Waals surface area contributed by atoms with Crippen molar-refractivity contribution in [2.75, 3.05) is 6.54 Å². The molecule has 2 heterocycles. The average Bonchev–Trinajstić information content (AvgIpc) is 3.02. The van der Waals surface area contributed by atoms with Crippen molar-refractivity contribution in [2.24, 2.45) is 0 Å². The van der Waals surface area contributed by atoms with Gasteiger partial charge in [0.25, 0.3) is 11.8 Å². The van der Waals surface area contributed by atoms with Gasteiger partial charge >= 0.3 is 0 Å². The maximum Gasteiger partial charge on any atom is 0.258 e. The fourth-order valence-electron chi connectivity index (χ4n) is 2.83. The molecule has 132 valence electrons. The van der Waals surface area contributed by atoms with Gasteiger partial charge in [0, 0.05) is 28.6 Å². The highest BCUT2D eigenvalue weighted by Crippen LogP contribution is 2.23. The molecule has 1 aliphatic heterocycles. The van der Waals surface area contributed by atoms with Gasteiger partial charge < -0.3 is 19.6 Å². The number of aliphatic hydroxyl groups is 1. The number of imide groups is 1. The monoisotopic (exact) mass is 352 g/mol. The number of hydrogen-bond acceptors (Lipinski definition) is 6. The summed E-state index contributed by atoms with van der Waals surface area (Å²) in [5.41, 5.74) is 2.13. The second-order valence-electron chi connectivity index (χ2n) is 5.98. The van der Waals surface area contributed by atoms with Crippen LogP contribution in [0.25, 0.3) is 11.0 Å². The summed E-state index contributed by atoms with van der Waals surface area (Å²) in [5.74, 6) is -0.626. The third kappa shape index (κ3) is 3.17. The van der Waals surface area contributed by atoms with Crippen LogP contribution < -0.4 is 15.4 Å². The number of β-amino-alcohol motifs (C(OH)–C–C–N with tert-alkyl or cyclic N) is 1. The highest BCUT2D eigenvalue weighted by molar-refractivity contribution is 6.11. The van der Waals surface area contributed by atoms with E-state index in [0.29, 0.717) is 30.0 Å². The van der Waals surface area contributed by atoms with E-state index in [0.717, 1.165) is 10.9 Å². The molecule has 1 aromatic heterocycles. The molecule has 26 heavy (non-hydrogen) atoms. The number of rotatable bonds is 2. The Kier molecular flexibility index (Phi) is 4.16. The number of carbonyl (C=O) groups is 2. The lowest BCUT2D eigenvalue weighted by Crippen LogP contribution is -2.30. The summed E-state index contributed by atoms with van der Waals surface area (Å²) in [6, 6.07) is 11.5. The second-order valence-corrected chi connectivity index (χ2v) is 5.98. The normalized spacial score (nSPS) is 16.4. The lowest BCUT2D eigenvalue weighted by Gasteiger charge is -2.12. The van der Waals surface area contributed by atoms with Crippen LogP contribution in [0.2, 0.25) is 0 Å². The molecule has 0 saturated heterocycles. The SMILES string of the molecule is O=C(NC(=O)c1ccc2occc2c1)c1ccc2c(c1)OC(O)CNC2. The first-order chi connectivity index (χ1) is 12.6. The van der Waals surface area contributed by atoms with Gasteiger partial charge in [-0.2, -0.15) is 0 Å². The first kappa shape index (κ1) is 16.3. The first-order valence-electron chi connectivity index (χ1n) is 8.11. The van der Waals surface area contributed by atoms with Crippen LogP contribution in [0.3, 0.4) is 0 Å². The number of furan rings is 1. The van der Waals surface area contributed by atoms with Crippen LogP contribution in [0.4, 0.5) is 0 Å². The molecule has 1 atom stereocenters.